The Balaban J connectivity index is 1.85. The fourth-order valence-electron chi connectivity index (χ4n) is 2.66. The van der Waals surface area contributed by atoms with Gasteiger partial charge in [-0.1, -0.05) is 48.0 Å². The molecule has 0 saturated heterocycles. The van der Waals surface area contributed by atoms with E-state index in [2.05, 4.69) is 21.2 Å². The first kappa shape index (κ1) is 20.2. The predicted molar refractivity (Wildman–Crippen MR) is 116 cm³/mol. The molecule has 0 aliphatic heterocycles. The number of rotatable bonds is 6. The second-order valence-corrected chi connectivity index (χ2v) is 7.47. The number of hydrogen-bond donors (Lipinski definition) is 1. The molecule has 0 aromatic heterocycles. The largest absolute Gasteiger partial charge is 0.492 e. The Morgan fingerprint density at radius 2 is 1.86 bits per heavy atom. The van der Waals surface area contributed by atoms with E-state index in [0.717, 1.165) is 11.1 Å². The van der Waals surface area contributed by atoms with Crippen molar-refractivity contribution in [3.05, 3.63) is 86.8 Å². The van der Waals surface area contributed by atoms with Gasteiger partial charge in [0.2, 0.25) is 0 Å². The summed E-state index contributed by atoms with van der Waals surface area (Å²) in [6.45, 7) is 2.27. The van der Waals surface area contributed by atoms with Gasteiger partial charge < -0.3 is 14.8 Å². The van der Waals surface area contributed by atoms with Gasteiger partial charge in [-0.2, -0.15) is 0 Å². The number of nitrogens with one attached hydrogen (secondary N) is 1. The molecule has 1 amide bonds. The monoisotopic (exact) mass is 459 g/mol. The summed E-state index contributed by atoms with van der Waals surface area (Å²) in [5.41, 5.74) is 3.04. The van der Waals surface area contributed by atoms with E-state index >= 15 is 0 Å². The third kappa shape index (κ3) is 4.86. The summed E-state index contributed by atoms with van der Waals surface area (Å²) in [7, 11) is 1.56. The van der Waals surface area contributed by atoms with Crippen LogP contribution >= 0.6 is 27.5 Å². The van der Waals surface area contributed by atoms with E-state index in [9.17, 15) is 4.79 Å². The molecule has 0 spiro atoms. The summed E-state index contributed by atoms with van der Waals surface area (Å²) in [6, 6.07) is 18.5. The van der Waals surface area contributed by atoms with E-state index in [1.54, 1.807) is 31.4 Å². The van der Waals surface area contributed by atoms with Crippen LogP contribution in [0.1, 0.15) is 21.5 Å². The second kappa shape index (κ2) is 9.13. The van der Waals surface area contributed by atoms with Gasteiger partial charge in [0.1, 0.15) is 6.61 Å². The Kier molecular flexibility index (Phi) is 6.60. The van der Waals surface area contributed by atoms with Crippen molar-refractivity contribution in [2.24, 2.45) is 0 Å². The van der Waals surface area contributed by atoms with Gasteiger partial charge in [0.15, 0.2) is 11.5 Å². The molecule has 0 radical (unpaired) electrons. The van der Waals surface area contributed by atoms with Gasteiger partial charge in [0.05, 0.1) is 11.6 Å². The Bertz CT molecular complexity index is 993. The fraction of sp³-hybridized carbons (Fsp3) is 0.136. The van der Waals surface area contributed by atoms with Crippen molar-refractivity contribution in [2.45, 2.75) is 13.5 Å². The van der Waals surface area contributed by atoms with Crippen molar-refractivity contribution in [3.63, 3.8) is 0 Å². The number of carbonyl (C=O) groups excluding carboxylic acids is 1. The molecule has 1 N–H and O–H groups in total. The number of amides is 1. The lowest BCUT2D eigenvalue weighted by molar-refractivity contribution is 0.102. The van der Waals surface area contributed by atoms with E-state index in [1.807, 2.05) is 43.3 Å². The molecule has 3 rings (SSSR count). The molecule has 4 nitrogen and oxygen atoms in total. The number of methoxy groups -OCH3 is 1. The third-order valence-corrected chi connectivity index (χ3v) is 4.98. The van der Waals surface area contributed by atoms with Crippen molar-refractivity contribution < 1.29 is 14.3 Å². The molecule has 28 heavy (non-hydrogen) atoms. The zero-order valence-electron chi connectivity index (χ0n) is 15.5. The summed E-state index contributed by atoms with van der Waals surface area (Å²) >= 11 is 9.50. The maximum Gasteiger partial charge on any atom is 0.255 e. The minimum absolute atomic E-state index is 0.265. The molecule has 0 fully saturated rings. The number of ether oxygens (including phenoxy) is 2. The zero-order chi connectivity index (χ0) is 20.1. The van der Waals surface area contributed by atoms with Gasteiger partial charge in [0, 0.05) is 16.3 Å². The van der Waals surface area contributed by atoms with Gasteiger partial charge in [-0.25, -0.2) is 0 Å². The van der Waals surface area contributed by atoms with Crippen LogP contribution < -0.4 is 14.8 Å². The van der Waals surface area contributed by atoms with E-state index in [4.69, 9.17) is 21.1 Å². The highest BCUT2D eigenvalue weighted by Gasteiger charge is 2.16. The average molecular weight is 461 g/mol. The second-order valence-electron chi connectivity index (χ2n) is 6.18. The first-order chi connectivity index (χ1) is 13.5. The molecular weight excluding hydrogens is 442 g/mol. The Morgan fingerprint density at radius 3 is 2.57 bits per heavy atom. The van der Waals surface area contributed by atoms with Crippen LogP contribution in [-0.4, -0.2) is 13.0 Å². The van der Waals surface area contributed by atoms with Crippen LogP contribution in [0.2, 0.25) is 5.02 Å². The molecule has 6 heteroatoms. The number of aryl methyl sites for hydroxylation is 1. The fourth-order valence-corrected chi connectivity index (χ4v) is 3.44. The molecule has 3 aromatic carbocycles. The molecular formula is C22H19BrClNO3. The Labute approximate surface area is 177 Å². The van der Waals surface area contributed by atoms with Crippen LogP contribution in [0.3, 0.4) is 0 Å². The van der Waals surface area contributed by atoms with Crippen LogP contribution in [0.15, 0.2) is 65.1 Å². The van der Waals surface area contributed by atoms with E-state index in [-0.39, 0.29) is 5.91 Å². The molecule has 144 valence electrons. The zero-order valence-corrected chi connectivity index (χ0v) is 17.8. The number of anilines is 1. The van der Waals surface area contributed by atoms with Crippen molar-refractivity contribution in [3.8, 4) is 11.5 Å². The molecule has 3 aromatic rings. The van der Waals surface area contributed by atoms with Crippen LogP contribution in [0, 0.1) is 6.92 Å². The van der Waals surface area contributed by atoms with Crippen molar-refractivity contribution in [1.29, 1.82) is 0 Å². The lowest BCUT2D eigenvalue weighted by atomic mass is 10.1. The SMILES string of the molecule is COc1c(Br)cc(C(=O)Nc2cc(Cl)ccc2C)cc1OCc1ccccc1. The standard InChI is InChI=1S/C22H19BrClNO3/c1-14-8-9-17(24)12-19(14)25-22(26)16-10-18(23)21(27-2)20(11-16)28-13-15-6-4-3-5-7-15/h3-12H,13H2,1-2H3,(H,25,26). The van der Waals surface area contributed by atoms with Gasteiger partial charge in [-0.3, -0.25) is 4.79 Å². The Hall–Kier alpha value is -2.50. The lowest BCUT2D eigenvalue weighted by Gasteiger charge is -2.15. The molecule has 0 bridgehead atoms. The van der Waals surface area contributed by atoms with E-state index < -0.39 is 0 Å². The number of halogens is 2. The first-order valence-electron chi connectivity index (χ1n) is 8.59. The normalized spacial score (nSPS) is 10.4. The van der Waals surface area contributed by atoms with Crippen molar-refractivity contribution in [2.75, 3.05) is 12.4 Å². The summed E-state index contributed by atoms with van der Waals surface area (Å²) < 4.78 is 12.0. The number of hydrogen-bond acceptors (Lipinski definition) is 3. The summed E-state index contributed by atoms with van der Waals surface area (Å²) in [6.07, 6.45) is 0. The van der Waals surface area contributed by atoms with Crippen LogP contribution in [0.25, 0.3) is 0 Å². The summed E-state index contributed by atoms with van der Waals surface area (Å²) in [5, 5.41) is 3.45. The third-order valence-electron chi connectivity index (χ3n) is 4.16. The van der Waals surface area contributed by atoms with E-state index in [1.165, 1.54) is 0 Å². The minimum Gasteiger partial charge on any atom is -0.492 e. The van der Waals surface area contributed by atoms with Crippen LogP contribution in [0.4, 0.5) is 5.69 Å². The quantitative estimate of drug-likeness (QED) is 0.473. The summed E-state index contributed by atoms with van der Waals surface area (Å²) in [4.78, 5) is 12.8. The highest BCUT2D eigenvalue weighted by Crippen LogP contribution is 2.37. The van der Waals surface area contributed by atoms with Crippen molar-refractivity contribution in [1.82, 2.24) is 0 Å². The molecule has 0 aliphatic rings. The van der Waals surface area contributed by atoms with Gasteiger partial charge in [-0.05, 0) is 58.2 Å². The maximum absolute atomic E-state index is 12.8. The molecule has 0 aliphatic carbocycles. The molecule has 0 unspecified atom stereocenters. The van der Waals surface area contributed by atoms with Crippen LogP contribution in [0.5, 0.6) is 11.5 Å². The lowest BCUT2D eigenvalue weighted by Crippen LogP contribution is -2.13. The molecule has 0 heterocycles. The topological polar surface area (TPSA) is 47.6 Å². The van der Waals surface area contributed by atoms with Crippen molar-refractivity contribution >= 4 is 39.1 Å². The maximum atomic E-state index is 12.8. The smallest absolute Gasteiger partial charge is 0.255 e. The minimum atomic E-state index is -0.265. The highest BCUT2D eigenvalue weighted by molar-refractivity contribution is 9.10. The molecule has 0 saturated carbocycles. The van der Waals surface area contributed by atoms with Gasteiger partial charge in [0.25, 0.3) is 5.91 Å². The number of carbonyl (C=O) groups is 1. The van der Waals surface area contributed by atoms with Gasteiger partial charge in [-0.15, -0.1) is 0 Å². The average Bonchev–Trinajstić information content (AvgIpc) is 2.69. The van der Waals surface area contributed by atoms with Crippen LogP contribution in [-0.2, 0) is 6.61 Å². The number of benzene rings is 3. The van der Waals surface area contributed by atoms with E-state index in [0.29, 0.717) is 38.9 Å². The highest BCUT2D eigenvalue weighted by atomic mass is 79.9. The molecule has 0 atom stereocenters. The summed E-state index contributed by atoms with van der Waals surface area (Å²) in [5.74, 6) is 0.749. The van der Waals surface area contributed by atoms with Gasteiger partial charge >= 0.3 is 0 Å². The first-order valence-corrected chi connectivity index (χ1v) is 9.77. The Morgan fingerprint density at radius 1 is 1.11 bits per heavy atom. The predicted octanol–water partition coefficient (Wildman–Crippen LogP) is 6.25.